The molecule has 1 aromatic heterocycles. The number of benzene rings is 2. The number of nitrogens with two attached hydrogens (primary N) is 1. The minimum Gasteiger partial charge on any atom is -0.453 e. The fraction of sp³-hybridized carbons (Fsp3) is 0.333. The minimum absolute atomic E-state index is 0.0340. The van der Waals surface area contributed by atoms with Crippen molar-refractivity contribution >= 4 is 5.84 Å². The van der Waals surface area contributed by atoms with Gasteiger partial charge in [-0.3, -0.25) is 4.99 Å². The highest BCUT2D eigenvalue weighted by Crippen LogP contribution is 2.54. The SMILES string of the molecule is CC(C)(C)COC1OCCC(N)=NC12c1cc(-c3cccnc3F)ccc1Oc1c(F)cccc12. The van der Waals surface area contributed by atoms with Crippen LogP contribution in [0.1, 0.15) is 38.3 Å². The van der Waals surface area contributed by atoms with Gasteiger partial charge in [0.25, 0.3) is 0 Å². The van der Waals surface area contributed by atoms with Gasteiger partial charge in [-0.1, -0.05) is 39.0 Å². The Morgan fingerprint density at radius 2 is 1.94 bits per heavy atom. The van der Waals surface area contributed by atoms with E-state index in [1.54, 1.807) is 42.5 Å². The van der Waals surface area contributed by atoms with Crippen LogP contribution in [0, 0.1) is 17.2 Å². The van der Waals surface area contributed by atoms with Crippen molar-refractivity contribution in [1.29, 1.82) is 0 Å². The van der Waals surface area contributed by atoms with Gasteiger partial charge in [0.15, 0.2) is 23.4 Å². The van der Waals surface area contributed by atoms with E-state index in [0.29, 0.717) is 46.9 Å². The molecule has 2 unspecified atom stereocenters. The lowest BCUT2D eigenvalue weighted by molar-refractivity contribution is -0.183. The molecule has 5 rings (SSSR count). The van der Waals surface area contributed by atoms with Crippen molar-refractivity contribution in [3.05, 3.63) is 77.6 Å². The molecule has 0 saturated carbocycles. The highest BCUT2D eigenvalue weighted by molar-refractivity contribution is 5.82. The molecule has 2 aliphatic rings. The van der Waals surface area contributed by atoms with E-state index in [-0.39, 0.29) is 17.8 Å². The Kier molecular flexibility index (Phi) is 5.81. The number of rotatable bonds is 3. The molecule has 0 fully saturated rings. The Labute approximate surface area is 202 Å². The molecule has 1 spiro atoms. The van der Waals surface area contributed by atoms with Gasteiger partial charge in [-0.25, -0.2) is 9.37 Å². The van der Waals surface area contributed by atoms with E-state index in [1.807, 2.05) is 20.8 Å². The number of aromatic nitrogens is 1. The molecule has 0 bridgehead atoms. The number of para-hydroxylation sites is 1. The fourth-order valence-corrected chi connectivity index (χ4v) is 4.45. The number of amidine groups is 1. The van der Waals surface area contributed by atoms with Gasteiger partial charge in [0, 0.05) is 29.3 Å². The van der Waals surface area contributed by atoms with Gasteiger partial charge in [-0.05, 0) is 41.3 Å². The fourth-order valence-electron chi connectivity index (χ4n) is 4.45. The Hall–Kier alpha value is -3.36. The van der Waals surface area contributed by atoms with E-state index in [0.717, 1.165) is 0 Å². The first-order valence-corrected chi connectivity index (χ1v) is 11.5. The van der Waals surface area contributed by atoms with Crippen LogP contribution in [-0.2, 0) is 15.0 Å². The second-order valence-corrected chi connectivity index (χ2v) is 9.97. The number of ether oxygens (including phenoxy) is 3. The summed E-state index contributed by atoms with van der Waals surface area (Å²) < 4.78 is 48.2. The van der Waals surface area contributed by atoms with Gasteiger partial charge in [-0.15, -0.1) is 0 Å². The van der Waals surface area contributed by atoms with Crippen LogP contribution in [0.4, 0.5) is 8.78 Å². The van der Waals surface area contributed by atoms with Crippen LogP contribution in [0.25, 0.3) is 11.1 Å². The van der Waals surface area contributed by atoms with Crippen LogP contribution in [0.5, 0.6) is 11.5 Å². The smallest absolute Gasteiger partial charge is 0.220 e. The first kappa shape index (κ1) is 23.4. The van der Waals surface area contributed by atoms with Crippen molar-refractivity contribution in [3.63, 3.8) is 0 Å². The number of aliphatic imine (C=N–C) groups is 1. The van der Waals surface area contributed by atoms with Gasteiger partial charge in [0.2, 0.25) is 5.95 Å². The third kappa shape index (κ3) is 4.17. The lowest BCUT2D eigenvalue weighted by atomic mass is 9.78. The number of fused-ring (bicyclic) bond motifs is 4. The number of nitrogens with zero attached hydrogens (tertiary/aromatic N) is 2. The summed E-state index contributed by atoms with van der Waals surface area (Å²) in [5, 5.41) is 0. The van der Waals surface area contributed by atoms with Crippen molar-refractivity contribution in [3.8, 4) is 22.6 Å². The first-order valence-electron chi connectivity index (χ1n) is 11.5. The molecule has 6 nitrogen and oxygen atoms in total. The molecule has 2 aliphatic heterocycles. The molecule has 35 heavy (non-hydrogen) atoms. The summed E-state index contributed by atoms with van der Waals surface area (Å²) in [5.74, 6) is -0.408. The largest absolute Gasteiger partial charge is 0.453 e. The Bertz CT molecular complexity index is 1310. The van der Waals surface area contributed by atoms with Crippen LogP contribution < -0.4 is 10.5 Å². The van der Waals surface area contributed by atoms with Gasteiger partial charge in [-0.2, -0.15) is 4.39 Å². The van der Waals surface area contributed by atoms with Gasteiger partial charge >= 0.3 is 0 Å². The number of halogens is 2. The molecule has 2 aromatic carbocycles. The molecule has 0 aliphatic carbocycles. The molecular formula is C27H27F2N3O3. The maximum Gasteiger partial charge on any atom is 0.220 e. The zero-order chi connectivity index (χ0) is 24.8. The van der Waals surface area contributed by atoms with E-state index in [1.165, 1.54) is 12.3 Å². The third-order valence-electron chi connectivity index (χ3n) is 6.01. The summed E-state index contributed by atoms with van der Waals surface area (Å²) in [7, 11) is 0. The van der Waals surface area contributed by atoms with Gasteiger partial charge < -0.3 is 19.9 Å². The average molecular weight is 480 g/mol. The van der Waals surface area contributed by atoms with Crippen molar-refractivity contribution in [2.45, 2.75) is 39.0 Å². The van der Waals surface area contributed by atoms with Crippen molar-refractivity contribution < 1.29 is 23.0 Å². The number of hydrogen-bond donors (Lipinski definition) is 1. The van der Waals surface area contributed by atoms with Crippen LogP contribution in [0.15, 0.2) is 59.7 Å². The molecule has 3 heterocycles. The first-order chi connectivity index (χ1) is 16.7. The summed E-state index contributed by atoms with van der Waals surface area (Å²) in [6, 6.07) is 13.1. The van der Waals surface area contributed by atoms with E-state index >= 15 is 4.39 Å². The summed E-state index contributed by atoms with van der Waals surface area (Å²) in [6.45, 7) is 6.77. The van der Waals surface area contributed by atoms with E-state index < -0.39 is 23.6 Å². The summed E-state index contributed by atoms with van der Waals surface area (Å²) in [5.41, 5.74) is 6.62. The predicted molar refractivity (Wildman–Crippen MR) is 128 cm³/mol. The maximum absolute atomic E-state index is 15.1. The van der Waals surface area contributed by atoms with Crippen molar-refractivity contribution in [1.82, 2.24) is 4.98 Å². The van der Waals surface area contributed by atoms with Gasteiger partial charge in [0.1, 0.15) is 5.75 Å². The maximum atomic E-state index is 15.1. The minimum atomic E-state index is -1.37. The Morgan fingerprint density at radius 3 is 2.71 bits per heavy atom. The van der Waals surface area contributed by atoms with Crippen LogP contribution in [-0.4, -0.2) is 30.3 Å². The topological polar surface area (TPSA) is 79.0 Å². The van der Waals surface area contributed by atoms with Crippen molar-refractivity contribution in [2.75, 3.05) is 13.2 Å². The summed E-state index contributed by atoms with van der Waals surface area (Å²) in [4.78, 5) is 8.69. The lowest BCUT2D eigenvalue weighted by Gasteiger charge is -2.42. The standard InChI is InChI=1S/C27H27F2N3O3/c1-26(2,3)15-34-25-27(32-22(30)11-13-33-25)18-7-4-8-20(28)23(18)35-21-10-9-16(14-19(21)27)17-6-5-12-31-24(17)29/h4-10,12,14,25H,11,13,15H2,1-3H3,(H2,30,32). The molecule has 8 heteroatoms. The Balaban J connectivity index is 1.79. The monoisotopic (exact) mass is 479 g/mol. The molecule has 0 amide bonds. The summed E-state index contributed by atoms with van der Waals surface area (Å²) in [6.07, 6.45) is 0.843. The van der Waals surface area contributed by atoms with E-state index in [4.69, 9.17) is 24.9 Å². The normalized spacial score (nSPS) is 21.5. The van der Waals surface area contributed by atoms with Crippen LogP contribution in [0.3, 0.4) is 0 Å². The highest BCUT2D eigenvalue weighted by atomic mass is 19.1. The summed E-state index contributed by atoms with van der Waals surface area (Å²) >= 11 is 0. The average Bonchev–Trinajstić information content (AvgIpc) is 2.97. The molecule has 182 valence electrons. The molecule has 2 N–H and O–H groups in total. The molecule has 3 aromatic rings. The molecule has 0 saturated heterocycles. The quantitative estimate of drug-likeness (QED) is 0.499. The van der Waals surface area contributed by atoms with E-state index in [2.05, 4.69) is 4.98 Å². The zero-order valence-corrected chi connectivity index (χ0v) is 19.8. The molecule has 2 atom stereocenters. The number of hydrogen-bond acceptors (Lipinski definition) is 6. The van der Waals surface area contributed by atoms with Gasteiger partial charge in [0.05, 0.1) is 19.0 Å². The highest BCUT2D eigenvalue weighted by Gasteiger charge is 2.52. The lowest BCUT2D eigenvalue weighted by Crippen LogP contribution is -2.45. The number of pyridine rings is 1. The van der Waals surface area contributed by atoms with Crippen molar-refractivity contribution in [2.24, 2.45) is 16.1 Å². The second-order valence-electron chi connectivity index (χ2n) is 9.97. The Morgan fingerprint density at radius 1 is 1.11 bits per heavy atom. The predicted octanol–water partition coefficient (Wildman–Crippen LogP) is 5.54. The van der Waals surface area contributed by atoms with E-state index in [9.17, 15) is 4.39 Å². The van der Waals surface area contributed by atoms with Crippen LogP contribution in [0.2, 0.25) is 0 Å². The zero-order valence-electron chi connectivity index (χ0n) is 19.8. The molecular weight excluding hydrogens is 452 g/mol. The van der Waals surface area contributed by atoms with Crippen LogP contribution >= 0.6 is 0 Å². The third-order valence-corrected chi connectivity index (χ3v) is 6.01. The second kappa shape index (κ2) is 8.70. The molecule has 0 radical (unpaired) electrons.